The van der Waals surface area contributed by atoms with Gasteiger partial charge in [0.2, 0.25) is 0 Å². The molecule has 0 saturated carbocycles. The van der Waals surface area contributed by atoms with E-state index < -0.39 is 10.8 Å². The van der Waals surface area contributed by atoms with Crippen molar-refractivity contribution < 1.29 is 14.1 Å². The number of hydrogen-bond donors (Lipinski definition) is 0. The fourth-order valence-electron chi connectivity index (χ4n) is 1.99. The number of nitro groups is 1. The van der Waals surface area contributed by atoms with Crippen LogP contribution in [0.5, 0.6) is 5.75 Å². The zero-order valence-electron chi connectivity index (χ0n) is 11.6. The molecule has 1 atom stereocenters. The van der Waals surface area contributed by atoms with Crippen LogP contribution in [0.15, 0.2) is 48.5 Å². The Labute approximate surface area is 126 Å². The van der Waals surface area contributed by atoms with Crippen molar-refractivity contribution in [1.29, 1.82) is 5.26 Å². The van der Waals surface area contributed by atoms with Crippen LogP contribution in [0.4, 0.5) is 10.1 Å². The first kappa shape index (κ1) is 15.4. The maximum atomic E-state index is 13.0. The molecule has 0 bridgehead atoms. The van der Waals surface area contributed by atoms with Crippen molar-refractivity contribution in [3.05, 3.63) is 70.0 Å². The Morgan fingerprint density at radius 2 is 2.00 bits per heavy atom. The smallest absolute Gasteiger partial charge is 0.269 e. The van der Waals surface area contributed by atoms with Crippen LogP contribution >= 0.6 is 0 Å². The number of nitriles is 1. The van der Waals surface area contributed by atoms with Crippen LogP contribution in [0, 0.1) is 27.3 Å². The van der Waals surface area contributed by atoms with Gasteiger partial charge in [-0.2, -0.15) is 5.26 Å². The summed E-state index contributed by atoms with van der Waals surface area (Å²) in [6.07, 6.45) is 0.408. The van der Waals surface area contributed by atoms with Gasteiger partial charge in [-0.05, 0) is 17.7 Å². The summed E-state index contributed by atoms with van der Waals surface area (Å²) in [5.74, 6) is -0.417. The number of halogens is 1. The molecule has 0 spiro atoms. The number of hydrogen-bond acceptors (Lipinski definition) is 4. The second kappa shape index (κ2) is 7.18. The Hall–Kier alpha value is -2.94. The van der Waals surface area contributed by atoms with Crippen molar-refractivity contribution >= 4 is 5.69 Å². The summed E-state index contributed by atoms with van der Waals surface area (Å²) in [7, 11) is 0. The SMILES string of the molecule is N#CC(CCOc1cccc(F)c1)c1ccc([N+](=O)[O-])cc1. The van der Waals surface area contributed by atoms with Crippen LogP contribution in [0.2, 0.25) is 0 Å². The maximum Gasteiger partial charge on any atom is 0.269 e. The second-order valence-corrected chi connectivity index (χ2v) is 4.62. The normalized spacial score (nSPS) is 11.5. The number of non-ortho nitro benzene ring substituents is 1. The van der Waals surface area contributed by atoms with E-state index in [1.54, 1.807) is 24.3 Å². The first-order valence-electron chi connectivity index (χ1n) is 6.62. The molecule has 22 heavy (non-hydrogen) atoms. The number of ether oxygens (including phenoxy) is 1. The van der Waals surface area contributed by atoms with Gasteiger partial charge in [-0.3, -0.25) is 10.1 Å². The van der Waals surface area contributed by atoms with Gasteiger partial charge in [0.05, 0.1) is 23.5 Å². The first-order chi connectivity index (χ1) is 10.6. The third kappa shape index (κ3) is 4.03. The number of rotatable bonds is 6. The van der Waals surface area contributed by atoms with Gasteiger partial charge in [0.25, 0.3) is 5.69 Å². The summed E-state index contributed by atoms with van der Waals surface area (Å²) in [5, 5.41) is 19.8. The predicted octanol–water partition coefficient (Wildman–Crippen LogP) is 3.81. The Morgan fingerprint density at radius 3 is 2.59 bits per heavy atom. The van der Waals surface area contributed by atoms with E-state index in [1.807, 2.05) is 0 Å². The maximum absolute atomic E-state index is 13.0. The Kier molecular flexibility index (Phi) is 5.04. The predicted molar refractivity (Wildman–Crippen MR) is 78.0 cm³/mol. The summed E-state index contributed by atoms with van der Waals surface area (Å²) in [4.78, 5) is 10.1. The van der Waals surface area contributed by atoms with E-state index in [-0.39, 0.29) is 18.1 Å². The van der Waals surface area contributed by atoms with Gasteiger partial charge in [-0.15, -0.1) is 0 Å². The monoisotopic (exact) mass is 300 g/mol. The fourth-order valence-corrected chi connectivity index (χ4v) is 1.99. The summed E-state index contributed by atoms with van der Waals surface area (Å²) in [5.41, 5.74) is 0.674. The summed E-state index contributed by atoms with van der Waals surface area (Å²) >= 11 is 0. The highest BCUT2D eigenvalue weighted by Gasteiger charge is 2.13. The largest absolute Gasteiger partial charge is 0.493 e. The molecular formula is C16H13FN2O3. The van der Waals surface area contributed by atoms with E-state index in [0.29, 0.717) is 17.7 Å². The molecule has 0 saturated heterocycles. The standard InChI is InChI=1S/C16H13FN2O3/c17-14-2-1-3-16(10-14)22-9-8-13(11-18)12-4-6-15(7-5-12)19(20)21/h1-7,10,13H,8-9H2. The topological polar surface area (TPSA) is 76.2 Å². The molecule has 2 rings (SSSR count). The molecule has 0 aliphatic carbocycles. The molecule has 0 aliphatic heterocycles. The van der Waals surface area contributed by atoms with E-state index in [1.165, 1.54) is 24.3 Å². The van der Waals surface area contributed by atoms with Crippen molar-refractivity contribution in [3.8, 4) is 11.8 Å². The third-order valence-electron chi connectivity index (χ3n) is 3.13. The lowest BCUT2D eigenvalue weighted by molar-refractivity contribution is -0.384. The Balaban J connectivity index is 1.95. The van der Waals surface area contributed by atoms with Crippen LogP contribution in [-0.4, -0.2) is 11.5 Å². The highest BCUT2D eigenvalue weighted by molar-refractivity contribution is 5.36. The van der Waals surface area contributed by atoms with Gasteiger partial charge < -0.3 is 4.74 Å². The van der Waals surface area contributed by atoms with E-state index >= 15 is 0 Å². The van der Waals surface area contributed by atoms with Crippen LogP contribution in [-0.2, 0) is 0 Å². The minimum Gasteiger partial charge on any atom is -0.493 e. The quantitative estimate of drug-likeness (QED) is 0.600. The van der Waals surface area contributed by atoms with E-state index in [9.17, 15) is 19.8 Å². The lowest BCUT2D eigenvalue weighted by atomic mass is 9.97. The molecule has 0 N–H and O–H groups in total. The van der Waals surface area contributed by atoms with Crippen molar-refractivity contribution in [2.45, 2.75) is 12.3 Å². The fraction of sp³-hybridized carbons (Fsp3) is 0.188. The van der Waals surface area contributed by atoms with E-state index in [4.69, 9.17) is 4.74 Å². The third-order valence-corrected chi connectivity index (χ3v) is 3.13. The lowest BCUT2D eigenvalue weighted by Crippen LogP contribution is -2.04. The van der Waals surface area contributed by atoms with Crippen LogP contribution in [0.3, 0.4) is 0 Å². The molecule has 0 fully saturated rings. The van der Waals surface area contributed by atoms with Crippen molar-refractivity contribution in [3.63, 3.8) is 0 Å². The molecule has 5 nitrogen and oxygen atoms in total. The van der Waals surface area contributed by atoms with Gasteiger partial charge in [0.1, 0.15) is 11.6 Å². The van der Waals surface area contributed by atoms with Gasteiger partial charge >= 0.3 is 0 Å². The van der Waals surface area contributed by atoms with Crippen molar-refractivity contribution in [2.75, 3.05) is 6.61 Å². The molecule has 0 radical (unpaired) electrons. The molecule has 2 aromatic carbocycles. The molecule has 0 heterocycles. The second-order valence-electron chi connectivity index (χ2n) is 4.62. The number of nitro benzene ring substituents is 1. The van der Waals surface area contributed by atoms with Gasteiger partial charge in [0.15, 0.2) is 0 Å². The Morgan fingerprint density at radius 1 is 1.27 bits per heavy atom. The summed E-state index contributed by atoms with van der Waals surface area (Å²) in [6.45, 7) is 0.249. The van der Waals surface area contributed by atoms with Crippen molar-refractivity contribution in [2.24, 2.45) is 0 Å². The van der Waals surface area contributed by atoms with Crippen LogP contribution in [0.25, 0.3) is 0 Å². The highest BCUT2D eigenvalue weighted by atomic mass is 19.1. The highest BCUT2D eigenvalue weighted by Crippen LogP contribution is 2.22. The molecule has 0 aromatic heterocycles. The molecule has 1 unspecified atom stereocenters. The molecule has 6 heteroatoms. The average molecular weight is 300 g/mol. The molecular weight excluding hydrogens is 287 g/mol. The molecule has 112 valence electrons. The van der Waals surface area contributed by atoms with Crippen LogP contribution < -0.4 is 4.74 Å². The summed E-state index contributed by atoms with van der Waals surface area (Å²) < 4.78 is 18.4. The molecule has 0 amide bonds. The van der Waals surface area contributed by atoms with E-state index in [0.717, 1.165) is 0 Å². The average Bonchev–Trinajstić information content (AvgIpc) is 2.52. The van der Waals surface area contributed by atoms with E-state index in [2.05, 4.69) is 6.07 Å². The van der Waals surface area contributed by atoms with Crippen molar-refractivity contribution in [1.82, 2.24) is 0 Å². The number of benzene rings is 2. The first-order valence-corrected chi connectivity index (χ1v) is 6.62. The number of nitrogens with zero attached hydrogens (tertiary/aromatic N) is 2. The van der Waals surface area contributed by atoms with Gasteiger partial charge in [-0.1, -0.05) is 18.2 Å². The minimum absolute atomic E-state index is 0.0172. The minimum atomic E-state index is -0.488. The zero-order valence-corrected chi connectivity index (χ0v) is 11.6. The molecule has 2 aromatic rings. The van der Waals surface area contributed by atoms with Gasteiger partial charge in [-0.25, -0.2) is 4.39 Å². The lowest BCUT2D eigenvalue weighted by Gasteiger charge is -2.10. The molecule has 0 aliphatic rings. The summed E-state index contributed by atoms with van der Waals surface area (Å²) in [6, 6.07) is 13.8. The van der Waals surface area contributed by atoms with Gasteiger partial charge in [0, 0.05) is 24.6 Å². The van der Waals surface area contributed by atoms with Crippen LogP contribution in [0.1, 0.15) is 17.9 Å². The Bertz CT molecular complexity index is 695. The zero-order chi connectivity index (χ0) is 15.9.